The van der Waals surface area contributed by atoms with Gasteiger partial charge in [-0.25, -0.2) is 0 Å². The smallest absolute Gasteiger partial charge is 0.324 e. The Hall–Kier alpha value is -3.26. The van der Waals surface area contributed by atoms with Crippen LogP contribution in [-0.2, 0) is 9.53 Å². The third-order valence-corrected chi connectivity index (χ3v) is 4.44. The minimum absolute atomic E-state index is 0.236. The van der Waals surface area contributed by atoms with Crippen molar-refractivity contribution >= 4 is 16.9 Å². The van der Waals surface area contributed by atoms with Crippen LogP contribution in [0.1, 0.15) is 24.0 Å². The van der Waals surface area contributed by atoms with Crippen LogP contribution < -0.4 is 4.74 Å². The molecule has 132 valence electrons. The lowest BCUT2D eigenvalue weighted by atomic mass is 9.81. The normalized spacial score (nSPS) is 13.0. The molecule has 1 N–H and O–H groups in total. The summed E-state index contributed by atoms with van der Waals surface area (Å²) in [4.78, 5) is 15.7. The molecule has 2 atom stereocenters. The maximum absolute atomic E-state index is 12.5. The fraction of sp³-hybridized carbons (Fsp3) is 0.238. The number of ether oxygens (including phenoxy) is 2. The highest BCUT2D eigenvalue weighted by atomic mass is 16.5. The Kier molecular flexibility index (Phi) is 5.23. The van der Waals surface area contributed by atoms with Gasteiger partial charge in [-0.3, -0.25) is 4.79 Å². The molecule has 0 saturated carbocycles. The third kappa shape index (κ3) is 3.27. The number of esters is 1. The highest BCUT2D eigenvalue weighted by Gasteiger charge is 2.33. The van der Waals surface area contributed by atoms with Gasteiger partial charge in [0.05, 0.1) is 19.8 Å². The Balaban J connectivity index is 2.14. The first-order valence-corrected chi connectivity index (χ1v) is 8.45. The fourth-order valence-electron chi connectivity index (χ4n) is 3.21. The van der Waals surface area contributed by atoms with Gasteiger partial charge in [-0.2, -0.15) is 5.26 Å². The van der Waals surface area contributed by atoms with Crippen LogP contribution >= 0.6 is 0 Å². The summed E-state index contributed by atoms with van der Waals surface area (Å²) < 4.78 is 10.4. The summed E-state index contributed by atoms with van der Waals surface area (Å²) in [5.41, 5.74) is 2.71. The molecule has 0 aliphatic rings. The Morgan fingerprint density at radius 3 is 2.58 bits per heavy atom. The molecule has 1 aromatic heterocycles. The van der Waals surface area contributed by atoms with Crippen molar-refractivity contribution in [2.24, 2.45) is 5.92 Å². The second kappa shape index (κ2) is 7.75. The Morgan fingerprint density at radius 1 is 1.19 bits per heavy atom. The molecule has 0 bridgehead atoms. The number of carbonyl (C=O) groups excluding carboxylic acids is 1. The van der Waals surface area contributed by atoms with Crippen LogP contribution in [0.5, 0.6) is 5.75 Å². The number of para-hydroxylation sites is 1. The van der Waals surface area contributed by atoms with Crippen molar-refractivity contribution in [1.82, 2.24) is 4.98 Å². The van der Waals surface area contributed by atoms with E-state index in [1.54, 1.807) is 14.0 Å². The lowest BCUT2D eigenvalue weighted by Crippen LogP contribution is -2.24. The van der Waals surface area contributed by atoms with Crippen molar-refractivity contribution in [1.29, 1.82) is 5.26 Å². The monoisotopic (exact) mass is 348 g/mol. The van der Waals surface area contributed by atoms with Gasteiger partial charge in [-0.05, 0) is 36.2 Å². The van der Waals surface area contributed by atoms with Crippen molar-refractivity contribution in [3.63, 3.8) is 0 Å². The highest BCUT2D eigenvalue weighted by molar-refractivity contribution is 5.86. The van der Waals surface area contributed by atoms with Crippen molar-refractivity contribution in [2.45, 2.75) is 12.8 Å². The van der Waals surface area contributed by atoms with Crippen LogP contribution in [0.15, 0.2) is 54.7 Å². The van der Waals surface area contributed by atoms with Crippen molar-refractivity contribution in [2.75, 3.05) is 13.7 Å². The van der Waals surface area contributed by atoms with Gasteiger partial charge in [-0.1, -0.05) is 30.3 Å². The number of aromatic nitrogens is 1. The first-order valence-electron chi connectivity index (χ1n) is 8.45. The first-order chi connectivity index (χ1) is 12.7. The topological polar surface area (TPSA) is 75.1 Å². The molecule has 26 heavy (non-hydrogen) atoms. The average Bonchev–Trinajstić information content (AvgIpc) is 3.10. The number of nitrogens with one attached hydrogen (secondary N) is 1. The number of H-pyrrole nitrogens is 1. The van der Waals surface area contributed by atoms with Gasteiger partial charge in [0.25, 0.3) is 0 Å². The van der Waals surface area contributed by atoms with E-state index in [1.807, 2.05) is 54.7 Å². The second-order valence-electron chi connectivity index (χ2n) is 5.90. The molecule has 0 amide bonds. The molecule has 2 unspecified atom stereocenters. The van der Waals surface area contributed by atoms with Crippen LogP contribution in [0, 0.1) is 17.2 Å². The quantitative estimate of drug-likeness (QED) is 0.683. The number of methoxy groups -OCH3 is 1. The minimum atomic E-state index is -0.942. The van der Waals surface area contributed by atoms with Crippen molar-refractivity contribution < 1.29 is 14.3 Å². The molecule has 0 radical (unpaired) electrons. The molecule has 3 aromatic rings. The number of aromatic amines is 1. The maximum Gasteiger partial charge on any atom is 0.324 e. The van der Waals surface area contributed by atoms with Gasteiger partial charge in [0.2, 0.25) is 0 Å². The predicted molar refractivity (Wildman–Crippen MR) is 98.9 cm³/mol. The first kappa shape index (κ1) is 17.6. The lowest BCUT2D eigenvalue weighted by Gasteiger charge is -2.21. The average molecular weight is 348 g/mol. The van der Waals surface area contributed by atoms with Crippen molar-refractivity contribution in [3.05, 3.63) is 65.9 Å². The van der Waals surface area contributed by atoms with E-state index in [4.69, 9.17) is 9.47 Å². The minimum Gasteiger partial charge on any atom is -0.497 e. The molecule has 0 fully saturated rings. The summed E-state index contributed by atoms with van der Waals surface area (Å²) in [6, 6.07) is 17.4. The van der Waals surface area contributed by atoms with E-state index >= 15 is 0 Å². The van der Waals surface area contributed by atoms with Crippen LogP contribution in [-0.4, -0.2) is 24.7 Å². The predicted octanol–water partition coefficient (Wildman–Crippen LogP) is 4.01. The zero-order valence-corrected chi connectivity index (χ0v) is 14.7. The highest BCUT2D eigenvalue weighted by Crippen LogP contribution is 2.37. The van der Waals surface area contributed by atoms with Gasteiger partial charge in [0.1, 0.15) is 5.75 Å². The number of nitrogens with zero attached hydrogens (tertiary/aromatic N) is 1. The van der Waals surface area contributed by atoms with Gasteiger partial charge < -0.3 is 14.5 Å². The molecule has 0 saturated heterocycles. The van der Waals surface area contributed by atoms with E-state index < -0.39 is 17.8 Å². The van der Waals surface area contributed by atoms with Gasteiger partial charge >= 0.3 is 5.97 Å². The largest absolute Gasteiger partial charge is 0.497 e. The fourth-order valence-corrected chi connectivity index (χ4v) is 3.21. The number of hydrogen-bond acceptors (Lipinski definition) is 4. The number of rotatable bonds is 6. The van der Waals surface area contributed by atoms with E-state index in [1.165, 1.54) is 0 Å². The number of hydrogen-bond donors (Lipinski definition) is 1. The van der Waals surface area contributed by atoms with Crippen LogP contribution in [0.4, 0.5) is 0 Å². The van der Waals surface area contributed by atoms with Crippen LogP contribution in [0.2, 0.25) is 0 Å². The second-order valence-corrected chi connectivity index (χ2v) is 5.90. The molecular formula is C21H20N2O3. The zero-order valence-electron chi connectivity index (χ0n) is 14.7. The van der Waals surface area contributed by atoms with Crippen LogP contribution in [0.3, 0.4) is 0 Å². The molecule has 2 aromatic carbocycles. The summed E-state index contributed by atoms with van der Waals surface area (Å²) in [7, 11) is 1.60. The number of benzene rings is 2. The summed E-state index contributed by atoms with van der Waals surface area (Å²) in [5, 5.41) is 10.7. The number of fused-ring (bicyclic) bond motifs is 1. The van der Waals surface area contributed by atoms with Crippen molar-refractivity contribution in [3.8, 4) is 11.8 Å². The summed E-state index contributed by atoms with van der Waals surface area (Å²) in [6.07, 6.45) is 1.86. The molecule has 0 aliphatic heterocycles. The molecule has 0 aliphatic carbocycles. The van der Waals surface area contributed by atoms with E-state index in [0.717, 1.165) is 27.8 Å². The summed E-state index contributed by atoms with van der Waals surface area (Å²) >= 11 is 0. The van der Waals surface area contributed by atoms with Gasteiger partial charge in [0, 0.05) is 23.0 Å². The lowest BCUT2D eigenvalue weighted by molar-refractivity contribution is -0.146. The SMILES string of the molecule is CCOC(=O)C(C#N)C(c1ccc(OC)cc1)c1c[nH]c2ccccc12. The Bertz CT molecular complexity index is 938. The van der Waals surface area contributed by atoms with E-state index in [0.29, 0.717) is 0 Å². The Labute approximate surface area is 152 Å². The summed E-state index contributed by atoms with van der Waals surface area (Å²) in [6.45, 7) is 1.97. The maximum atomic E-state index is 12.5. The molecule has 0 spiro atoms. The van der Waals surface area contributed by atoms with E-state index in [9.17, 15) is 10.1 Å². The molecule has 1 heterocycles. The molecular weight excluding hydrogens is 328 g/mol. The van der Waals surface area contributed by atoms with Gasteiger partial charge in [-0.15, -0.1) is 0 Å². The standard InChI is InChI=1S/C21H20N2O3/c1-3-26-21(24)17(12-22)20(14-8-10-15(25-2)11-9-14)18-13-23-19-7-5-4-6-16(18)19/h4-11,13,17,20,23H,3H2,1-2H3. The van der Waals surface area contributed by atoms with E-state index in [2.05, 4.69) is 11.1 Å². The van der Waals surface area contributed by atoms with Crippen LogP contribution in [0.25, 0.3) is 10.9 Å². The molecule has 5 nitrogen and oxygen atoms in total. The number of nitriles is 1. The number of carbonyl (C=O) groups is 1. The van der Waals surface area contributed by atoms with E-state index in [-0.39, 0.29) is 6.61 Å². The molecule has 5 heteroatoms. The van der Waals surface area contributed by atoms with Gasteiger partial charge in [0.15, 0.2) is 5.92 Å². The summed E-state index contributed by atoms with van der Waals surface area (Å²) in [5.74, 6) is -1.18. The zero-order chi connectivity index (χ0) is 18.5. The molecule has 3 rings (SSSR count). The third-order valence-electron chi connectivity index (χ3n) is 4.44. The Morgan fingerprint density at radius 2 is 1.92 bits per heavy atom.